The number of benzene rings is 1. The number of fused-ring (bicyclic) bond motifs is 1. The fourth-order valence-corrected chi connectivity index (χ4v) is 3.24. The van der Waals surface area contributed by atoms with E-state index in [1.165, 1.54) is 6.07 Å². The quantitative estimate of drug-likeness (QED) is 0.343. The number of hydrogen-bond donors (Lipinski definition) is 3. The highest BCUT2D eigenvalue weighted by atomic mass is 16.3. The Balaban J connectivity index is 1.74. The molecule has 29 heavy (non-hydrogen) atoms. The third kappa shape index (κ3) is 4.17. The van der Waals surface area contributed by atoms with E-state index in [1.54, 1.807) is 12.1 Å². The Hall–Kier alpha value is -3.51. The van der Waals surface area contributed by atoms with Crippen LogP contribution in [0.3, 0.4) is 0 Å². The molecule has 1 fully saturated rings. The van der Waals surface area contributed by atoms with E-state index in [1.807, 2.05) is 0 Å². The summed E-state index contributed by atoms with van der Waals surface area (Å²) in [4.78, 5) is 60.9. The van der Waals surface area contributed by atoms with Gasteiger partial charge in [0.1, 0.15) is 12.6 Å². The van der Waals surface area contributed by atoms with Gasteiger partial charge in [0, 0.05) is 24.9 Å². The molecule has 2 heterocycles. The second kappa shape index (κ2) is 8.67. The summed E-state index contributed by atoms with van der Waals surface area (Å²) in [6, 6.07) is 3.73. The molecule has 0 saturated carbocycles. The van der Waals surface area contributed by atoms with Crippen LogP contribution >= 0.6 is 0 Å². The molecule has 9 nitrogen and oxygen atoms in total. The second-order valence-electron chi connectivity index (χ2n) is 6.59. The monoisotopic (exact) mass is 397 g/mol. The van der Waals surface area contributed by atoms with Crippen molar-refractivity contribution >= 4 is 29.5 Å². The normalized spacial score (nSPS) is 18.1. The van der Waals surface area contributed by atoms with Gasteiger partial charge >= 0.3 is 0 Å². The van der Waals surface area contributed by atoms with E-state index in [9.17, 15) is 24.0 Å². The van der Waals surface area contributed by atoms with Crippen molar-refractivity contribution in [2.45, 2.75) is 31.7 Å². The topological polar surface area (TPSA) is 133 Å². The third-order valence-electron chi connectivity index (χ3n) is 4.64. The first-order chi connectivity index (χ1) is 13.9. The van der Waals surface area contributed by atoms with Crippen LogP contribution < -0.4 is 10.6 Å². The van der Waals surface area contributed by atoms with Crippen molar-refractivity contribution in [1.82, 2.24) is 15.5 Å². The van der Waals surface area contributed by atoms with Crippen molar-refractivity contribution in [2.75, 3.05) is 13.2 Å². The van der Waals surface area contributed by atoms with E-state index in [0.717, 1.165) is 4.90 Å². The summed E-state index contributed by atoms with van der Waals surface area (Å²) in [7, 11) is 0. The highest BCUT2D eigenvalue weighted by molar-refractivity contribution is 6.24. The maximum Gasteiger partial charge on any atom is 0.263 e. The minimum atomic E-state index is -1.02. The van der Waals surface area contributed by atoms with Crippen molar-refractivity contribution in [3.05, 3.63) is 34.9 Å². The van der Waals surface area contributed by atoms with Crippen LogP contribution in [-0.2, 0) is 14.4 Å². The maximum atomic E-state index is 12.9. The lowest BCUT2D eigenvalue weighted by Gasteiger charge is -2.27. The molecule has 1 aromatic carbocycles. The summed E-state index contributed by atoms with van der Waals surface area (Å²) < 4.78 is 0. The molecule has 5 amide bonds. The molecular weight excluding hydrogens is 378 g/mol. The Morgan fingerprint density at radius 2 is 2.03 bits per heavy atom. The summed E-state index contributed by atoms with van der Waals surface area (Å²) in [5, 5.41) is 13.3. The molecule has 3 N–H and O–H groups in total. The van der Waals surface area contributed by atoms with Crippen molar-refractivity contribution in [3.63, 3.8) is 0 Å². The molecule has 1 unspecified atom stereocenters. The van der Waals surface area contributed by atoms with E-state index in [0.29, 0.717) is 24.9 Å². The maximum absolute atomic E-state index is 12.9. The van der Waals surface area contributed by atoms with Gasteiger partial charge in [-0.1, -0.05) is 17.9 Å². The molecular formula is C20H19N3O6. The summed E-state index contributed by atoms with van der Waals surface area (Å²) >= 11 is 0. The number of rotatable bonds is 5. The number of nitrogens with zero attached hydrogens (tertiary/aromatic N) is 1. The first kappa shape index (κ1) is 20.2. The highest BCUT2D eigenvalue weighted by Crippen LogP contribution is 2.29. The van der Waals surface area contributed by atoms with Crippen LogP contribution in [0.1, 0.15) is 52.0 Å². The van der Waals surface area contributed by atoms with Crippen LogP contribution in [-0.4, -0.2) is 58.7 Å². The summed E-state index contributed by atoms with van der Waals surface area (Å²) in [6.45, 7) is -0.205. The standard InChI is InChI=1S/C20H19N3O6/c24-11-16(26)21-10-3-1-2-5-12-6-4-7-13-17(12)20(29)23(19(13)28)14-8-9-15(25)22-18(14)27/h4,6-7,14,24H,1,3,8-11H2,(H,21,26)(H,22,25,27). The van der Waals surface area contributed by atoms with Crippen LogP contribution in [0.5, 0.6) is 0 Å². The number of piperidine rings is 1. The van der Waals surface area contributed by atoms with Gasteiger partial charge in [0.05, 0.1) is 11.1 Å². The zero-order chi connectivity index (χ0) is 21.0. The molecule has 150 valence electrons. The van der Waals surface area contributed by atoms with Crippen LogP contribution in [0.25, 0.3) is 0 Å². The number of aliphatic hydroxyl groups excluding tert-OH is 1. The molecule has 9 heteroatoms. The lowest BCUT2D eigenvalue weighted by Crippen LogP contribution is -2.54. The molecule has 1 saturated heterocycles. The number of aliphatic hydroxyl groups is 1. The number of nitrogens with one attached hydrogen (secondary N) is 2. The van der Waals surface area contributed by atoms with Crippen LogP contribution in [0.15, 0.2) is 18.2 Å². The van der Waals surface area contributed by atoms with E-state index < -0.39 is 42.2 Å². The first-order valence-electron chi connectivity index (χ1n) is 9.15. The smallest absolute Gasteiger partial charge is 0.263 e. The van der Waals surface area contributed by atoms with Gasteiger partial charge in [-0.05, 0) is 25.0 Å². The van der Waals surface area contributed by atoms with Crippen molar-refractivity contribution in [3.8, 4) is 11.8 Å². The zero-order valence-electron chi connectivity index (χ0n) is 15.5. The molecule has 2 aliphatic rings. The number of carbonyl (C=O) groups excluding carboxylic acids is 5. The Bertz CT molecular complexity index is 959. The van der Waals surface area contributed by atoms with Gasteiger partial charge in [0.25, 0.3) is 11.8 Å². The molecule has 1 aromatic rings. The van der Waals surface area contributed by atoms with Gasteiger partial charge in [-0.15, -0.1) is 0 Å². The number of amides is 5. The van der Waals surface area contributed by atoms with Crippen LogP contribution in [0.2, 0.25) is 0 Å². The highest BCUT2D eigenvalue weighted by Gasteiger charge is 2.45. The average Bonchev–Trinajstić information content (AvgIpc) is 2.96. The SMILES string of the molecule is O=C(CO)NCCCC#Cc1cccc2c1C(=O)N(C1CCC(=O)NC1=O)C2=O. The Morgan fingerprint density at radius 3 is 2.76 bits per heavy atom. The predicted molar refractivity (Wildman–Crippen MR) is 99.3 cm³/mol. The molecule has 0 bridgehead atoms. The second-order valence-corrected chi connectivity index (χ2v) is 6.59. The number of carbonyl (C=O) groups is 5. The van der Waals surface area contributed by atoms with Crippen molar-refractivity contribution in [2.24, 2.45) is 0 Å². The lowest BCUT2D eigenvalue weighted by atomic mass is 10.0. The van der Waals surface area contributed by atoms with Gasteiger partial charge in [-0.25, -0.2) is 0 Å². The van der Waals surface area contributed by atoms with Crippen molar-refractivity contribution in [1.29, 1.82) is 0 Å². The molecule has 0 aromatic heterocycles. The number of hydrogen-bond acceptors (Lipinski definition) is 6. The minimum Gasteiger partial charge on any atom is -0.387 e. The van der Waals surface area contributed by atoms with Gasteiger partial charge in [-0.2, -0.15) is 0 Å². The Morgan fingerprint density at radius 1 is 1.24 bits per heavy atom. The van der Waals surface area contributed by atoms with E-state index in [4.69, 9.17) is 5.11 Å². The van der Waals surface area contributed by atoms with Gasteiger partial charge in [-0.3, -0.25) is 34.2 Å². The predicted octanol–water partition coefficient (Wildman–Crippen LogP) is -0.672. The molecule has 0 radical (unpaired) electrons. The largest absolute Gasteiger partial charge is 0.387 e. The lowest BCUT2D eigenvalue weighted by molar-refractivity contribution is -0.136. The number of imide groups is 2. The van der Waals surface area contributed by atoms with E-state index >= 15 is 0 Å². The zero-order valence-corrected chi connectivity index (χ0v) is 15.5. The fraction of sp³-hybridized carbons (Fsp3) is 0.350. The van der Waals surface area contributed by atoms with Gasteiger partial charge < -0.3 is 10.4 Å². The van der Waals surface area contributed by atoms with Crippen LogP contribution in [0.4, 0.5) is 0 Å². The Kier molecular flexibility index (Phi) is 6.04. The van der Waals surface area contributed by atoms with Crippen LogP contribution in [0, 0.1) is 11.8 Å². The summed E-state index contributed by atoms with van der Waals surface area (Å²) in [6.07, 6.45) is 1.15. The van der Waals surface area contributed by atoms with Crippen molar-refractivity contribution < 1.29 is 29.1 Å². The van der Waals surface area contributed by atoms with Gasteiger partial charge in [0.15, 0.2) is 0 Å². The van der Waals surface area contributed by atoms with E-state index in [2.05, 4.69) is 22.5 Å². The number of unbranched alkanes of at least 4 members (excludes halogenated alkanes) is 1. The minimum absolute atomic E-state index is 0.0588. The third-order valence-corrected chi connectivity index (χ3v) is 4.64. The molecule has 0 aliphatic carbocycles. The molecule has 2 aliphatic heterocycles. The molecule has 1 atom stereocenters. The molecule has 3 rings (SSSR count). The van der Waals surface area contributed by atoms with E-state index in [-0.39, 0.29) is 24.0 Å². The Labute approximate surface area is 166 Å². The molecule has 0 spiro atoms. The van der Waals surface area contributed by atoms with Gasteiger partial charge in [0.2, 0.25) is 17.7 Å². The average molecular weight is 397 g/mol. The summed E-state index contributed by atoms with van der Waals surface area (Å²) in [5.41, 5.74) is 0.722. The first-order valence-corrected chi connectivity index (χ1v) is 9.15. The fourth-order valence-electron chi connectivity index (χ4n) is 3.24. The summed E-state index contributed by atoms with van der Waals surface area (Å²) in [5.74, 6) is 3.05.